The first kappa shape index (κ1) is 29.7. The summed E-state index contributed by atoms with van der Waals surface area (Å²) in [5.74, 6) is 0.335. The molecule has 0 fully saturated rings. The van der Waals surface area contributed by atoms with Crippen LogP contribution in [0.25, 0.3) is 6.08 Å². The predicted octanol–water partition coefficient (Wildman–Crippen LogP) is 3.66. The Morgan fingerprint density at radius 1 is 1.16 bits per heavy atom. The van der Waals surface area contributed by atoms with E-state index in [1.54, 1.807) is 68.7 Å². The molecule has 0 saturated carbocycles. The fourth-order valence-corrected chi connectivity index (χ4v) is 6.42. The van der Waals surface area contributed by atoms with Gasteiger partial charge in [0.15, 0.2) is 9.96 Å². The lowest BCUT2D eigenvalue weighted by atomic mass is 9.95. The maximum atomic E-state index is 14.0. The third-order valence-corrected chi connectivity index (χ3v) is 8.41. The summed E-state index contributed by atoms with van der Waals surface area (Å²) < 4.78 is 18.0. The van der Waals surface area contributed by atoms with Crippen LogP contribution in [0.3, 0.4) is 0 Å². The number of methoxy groups -OCH3 is 2. The molecule has 220 valence electrons. The molecule has 0 amide bonds. The lowest BCUT2D eigenvalue weighted by Gasteiger charge is -2.26. The number of benzene rings is 2. The summed E-state index contributed by atoms with van der Waals surface area (Å²) in [7, 11) is 3.01. The van der Waals surface area contributed by atoms with Crippen LogP contribution in [-0.2, 0) is 9.53 Å². The van der Waals surface area contributed by atoms with Crippen LogP contribution in [-0.4, -0.2) is 46.3 Å². The van der Waals surface area contributed by atoms with E-state index in [9.17, 15) is 19.7 Å². The van der Waals surface area contributed by atoms with Crippen molar-refractivity contribution in [1.82, 2.24) is 14.5 Å². The number of nitro benzene ring substituents is 1. The number of rotatable bonds is 9. The van der Waals surface area contributed by atoms with Gasteiger partial charge in [-0.25, -0.2) is 19.8 Å². The summed E-state index contributed by atoms with van der Waals surface area (Å²) in [4.78, 5) is 52.1. The van der Waals surface area contributed by atoms with Crippen molar-refractivity contribution in [2.45, 2.75) is 29.9 Å². The number of hydrogen-bond donors (Lipinski definition) is 0. The summed E-state index contributed by atoms with van der Waals surface area (Å²) in [6, 6.07) is 10.5. The third kappa shape index (κ3) is 5.92. The van der Waals surface area contributed by atoms with Gasteiger partial charge in [-0.05, 0) is 61.5 Å². The Labute approximate surface area is 253 Å². The minimum Gasteiger partial charge on any atom is -0.497 e. The van der Waals surface area contributed by atoms with E-state index < -0.39 is 22.5 Å². The van der Waals surface area contributed by atoms with Crippen LogP contribution < -0.4 is 24.4 Å². The zero-order valence-corrected chi connectivity index (χ0v) is 25.1. The first-order valence-electron chi connectivity index (χ1n) is 12.9. The monoisotopic (exact) mass is 619 g/mol. The number of allylic oxidation sites excluding steroid dienone is 1. The predicted molar refractivity (Wildman–Crippen MR) is 159 cm³/mol. The summed E-state index contributed by atoms with van der Waals surface area (Å²) in [6.45, 7) is 3.51. The lowest BCUT2D eigenvalue weighted by molar-refractivity contribution is -0.387. The van der Waals surface area contributed by atoms with E-state index in [-0.39, 0.29) is 22.4 Å². The van der Waals surface area contributed by atoms with Crippen LogP contribution in [0.2, 0.25) is 0 Å². The molecule has 0 N–H and O–H groups in total. The number of carbonyl (C=O) groups is 1. The molecule has 2 aromatic heterocycles. The molecule has 14 heteroatoms. The summed E-state index contributed by atoms with van der Waals surface area (Å²) >= 11 is 2.18. The Balaban J connectivity index is 1.66. The minimum atomic E-state index is -0.905. The molecule has 1 atom stereocenters. The van der Waals surface area contributed by atoms with Crippen molar-refractivity contribution in [2.75, 3.05) is 20.8 Å². The third-order valence-electron chi connectivity index (χ3n) is 6.47. The van der Waals surface area contributed by atoms with Gasteiger partial charge in [0.25, 0.3) is 11.2 Å². The highest BCUT2D eigenvalue weighted by Gasteiger charge is 2.35. The zero-order chi connectivity index (χ0) is 30.7. The molecule has 0 unspecified atom stereocenters. The number of nitro groups is 1. The number of fused-ring (bicyclic) bond motifs is 1. The first-order chi connectivity index (χ1) is 20.7. The van der Waals surface area contributed by atoms with E-state index in [2.05, 4.69) is 15.0 Å². The Bertz CT molecular complexity index is 1940. The van der Waals surface area contributed by atoms with Crippen molar-refractivity contribution < 1.29 is 23.9 Å². The van der Waals surface area contributed by atoms with Gasteiger partial charge in [-0.2, -0.15) is 0 Å². The van der Waals surface area contributed by atoms with Crippen molar-refractivity contribution in [3.8, 4) is 11.5 Å². The number of esters is 1. The minimum absolute atomic E-state index is 0.135. The molecule has 1 aliphatic rings. The van der Waals surface area contributed by atoms with Gasteiger partial charge in [0.2, 0.25) is 0 Å². The van der Waals surface area contributed by atoms with Gasteiger partial charge in [0.05, 0.1) is 46.4 Å². The largest absolute Gasteiger partial charge is 0.497 e. The van der Waals surface area contributed by atoms with Gasteiger partial charge < -0.3 is 14.2 Å². The number of ether oxygens (including phenoxy) is 3. The SMILES string of the molecule is CCOC(=O)C1=C(C)N=c2s/c(=C/c3ccc(Sc4ncccn4)c([N+](=O)[O-])c3)c(=O)n2[C@H]1c1ccc(OC)cc1OC. The smallest absolute Gasteiger partial charge is 0.338 e. The van der Waals surface area contributed by atoms with Crippen molar-refractivity contribution >= 4 is 40.8 Å². The second kappa shape index (κ2) is 12.6. The van der Waals surface area contributed by atoms with Crippen LogP contribution in [0.1, 0.15) is 31.0 Å². The van der Waals surface area contributed by atoms with Crippen LogP contribution in [0.4, 0.5) is 5.69 Å². The van der Waals surface area contributed by atoms with E-state index in [1.165, 1.54) is 24.9 Å². The second-order valence-electron chi connectivity index (χ2n) is 9.03. The fraction of sp³-hybridized carbons (Fsp3) is 0.207. The normalized spacial score (nSPS) is 14.6. The molecule has 0 bridgehead atoms. The molecule has 0 radical (unpaired) electrons. The molecule has 43 heavy (non-hydrogen) atoms. The van der Waals surface area contributed by atoms with Gasteiger partial charge in [-0.3, -0.25) is 19.5 Å². The Hall–Kier alpha value is -4.82. The summed E-state index contributed by atoms with van der Waals surface area (Å²) in [5, 5.41) is 12.3. The molecule has 2 aromatic carbocycles. The lowest BCUT2D eigenvalue weighted by Crippen LogP contribution is -2.40. The maximum absolute atomic E-state index is 14.0. The van der Waals surface area contributed by atoms with Gasteiger partial charge in [-0.1, -0.05) is 17.4 Å². The highest BCUT2D eigenvalue weighted by atomic mass is 32.2. The number of aromatic nitrogens is 3. The molecule has 0 saturated heterocycles. The molecule has 0 spiro atoms. The van der Waals surface area contributed by atoms with Crippen LogP contribution in [0.15, 0.2) is 86.0 Å². The molecule has 12 nitrogen and oxygen atoms in total. The van der Waals surface area contributed by atoms with Crippen molar-refractivity contribution in [3.63, 3.8) is 0 Å². The van der Waals surface area contributed by atoms with Crippen molar-refractivity contribution in [3.05, 3.63) is 107 Å². The first-order valence-corrected chi connectivity index (χ1v) is 14.5. The summed E-state index contributed by atoms with van der Waals surface area (Å²) in [5.41, 5.74) is 0.988. The molecule has 1 aliphatic heterocycles. The van der Waals surface area contributed by atoms with E-state index in [1.807, 2.05) is 0 Å². The van der Waals surface area contributed by atoms with Gasteiger partial charge in [0.1, 0.15) is 17.5 Å². The zero-order valence-electron chi connectivity index (χ0n) is 23.5. The number of thiazole rings is 1. The number of carbonyl (C=O) groups excluding carboxylic acids is 1. The molecule has 3 heterocycles. The fourth-order valence-electron chi connectivity index (χ4n) is 4.57. The van der Waals surface area contributed by atoms with Crippen LogP contribution in [0.5, 0.6) is 11.5 Å². The highest BCUT2D eigenvalue weighted by molar-refractivity contribution is 7.99. The maximum Gasteiger partial charge on any atom is 0.338 e. The van der Waals surface area contributed by atoms with E-state index in [0.29, 0.717) is 43.2 Å². The van der Waals surface area contributed by atoms with E-state index >= 15 is 0 Å². The summed E-state index contributed by atoms with van der Waals surface area (Å²) in [6.07, 6.45) is 4.67. The molecule has 4 aromatic rings. The van der Waals surface area contributed by atoms with E-state index in [0.717, 1.165) is 23.1 Å². The van der Waals surface area contributed by atoms with Gasteiger partial charge >= 0.3 is 5.97 Å². The molecule has 5 rings (SSSR count). The van der Waals surface area contributed by atoms with Crippen LogP contribution >= 0.6 is 23.1 Å². The highest BCUT2D eigenvalue weighted by Crippen LogP contribution is 2.38. The average Bonchev–Trinajstić information content (AvgIpc) is 3.31. The van der Waals surface area contributed by atoms with Gasteiger partial charge in [0, 0.05) is 30.1 Å². The molecule has 0 aliphatic carbocycles. The standard InChI is InChI=1S/C29H25N5O7S2/c1-5-41-27(36)24-16(2)32-29-33(25(24)19-9-8-18(39-3)15-21(19)40-4)26(35)23(43-29)14-17-7-10-22(20(13-17)34(37)38)42-28-30-11-6-12-31-28/h6-15,25H,5H2,1-4H3/b23-14+/t25-/m0/s1. The van der Waals surface area contributed by atoms with E-state index in [4.69, 9.17) is 14.2 Å². The molecular formula is C29H25N5O7S2. The molecular weight excluding hydrogens is 594 g/mol. The Morgan fingerprint density at radius 3 is 2.60 bits per heavy atom. The number of nitrogens with zero attached hydrogens (tertiary/aromatic N) is 5. The van der Waals surface area contributed by atoms with Crippen LogP contribution in [0, 0.1) is 10.1 Å². The second-order valence-corrected chi connectivity index (χ2v) is 11.0. The Morgan fingerprint density at radius 2 is 1.93 bits per heavy atom. The number of hydrogen-bond acceptors (Lipinski definition) is 12. The van der Waals surface area contributed by atoms with Crippen molar-refractivity contribution in [1.29, 1.82) is 0 Å². The topological polar surface area (TPSA) is 148 Å². The van der Waals surface area contributed by atoms with Gasteiger partial charge in [-0.15, -0.1) is 0 Å². The Kier molecular flexibility index (Phi) is 8.68. The van der Waals surface area contributed by atoms with Crippen molar-refractivity contribution in [2.24, 2.45) is 4.99 Å². The quantitative estimate of drug-likeness (QED) is 0.118. The average molecular weight is 620 g/mol.